The van der Waals surface area contributed by atoms with Gasteiger partial charge in [0.25, 0.3) is 5.91 Å². The van der Waals surface area contributed by atoms with Gasteiger partial charge in [-0.05, 0) is 31.0 Å². The van der Waals surface area contributed by atoms with Gasteiger partial charge in [0, 0.05) is 25.8 Å². The predicted octanol–water partition coefficient (Wildman–Crippen LogP) is 1.53. The third-order valence-electron chi connectivity index (χ3n) is 3.33. The van der Waals surface area contributed by atoms with E-state index in [-0.39, 0.29) is 12.0 Å². The first-order valence-corrected chi connectivity index (χ1v) is 6.42. The molecule has 0 saturated carbocycles. The molecular weight excluding hydrogens is 244 g/mol. The first-order valence-electron chi connectivity index (χ1n) is 6.42. The van der Waals surface area contributed by atoms with Crippen LogP contribution < -0.4 is 10.5 Å². The van der Waals surface area contributed by atoms with E-state index in [9.17, 15) is 4.79 Å². The monoisotopic (exact) mass is 264 g/mol. The zero-order valence-corrected chi connectivity index (χ0v) is 11.4. The van der Waals surface area contributed by atoms with Gasteiger partial charge in [0.05, 0.1) is 18.9 Å². The molecule has 5 heteroatoms. The van der Waals surface area contributed by atoms with E-state index in [1.807, 2.05) is 0 Å². The van der Waals surface area contributed by atoms with E-state index < -0.39 is 0 Å². The Bertz CT molecular complexity index is 456. The lowest BCUT2D eigenvalue weighted by atomic mass is 10.1. The highest BCUT2D eigenvalue weighted by atomic mass is 16.5. The molecule has 0 aromatic heterocycles. The number of rotatable bonds is 4. The molecule has 1 unspecified atom stereocenters. The van der Waals surface area contributed by atoms with Crippen molar-refractivity contribution in [2.45, 2.75) is 18.9 Å². The van der Waals surface area contributed by atoms with Crippen LogP contribution in [0.2, 0.25) is 0 Å². The van der Waals surface area contributed by atoms with Crippen LogP contribution in [-0.4, -0.2) is 44.2 Å². The Balaban J connectivity index is 2.05. The quantitative estimate of drug-likeness (QED) is 0.838. The molecule has 2 rings (SSSR count). The molecule has 1 fully saturated rings. The lowest BCUT2D eigenvalue weighted by molar-refractivity contribution is 0.0587. The maximum Gasteiger partial charge on any atom is 0.253 e. The molecule has 1 heterocycles. The summed E-state index contributed by atoms with van der Waals surface area (Å²) in [5.74, 6) is 0.477. The smallest absolute Gasteiger partial charge is 0.253 e. The number of nitrogen functional groups attached to an aromatic ring is 1. The van der Waals surface area contributed by atoms with Gasteiger partial charge in [0.1, 0.15) is 5.75 Å². The Labute approximate surface area is 113 Å². The maximum atomic E-state index is 12.3. The number of ether oxygens (including phenoxy) is 2. The van der Waals surface area contributed by atoms with Crippen LogP contribution in [0.25, 0.3) is 0 Å². The fourth-order valence-corrected chi connectivity index (χ4v) is 2.24. The van der Waals surface area contributed by atoms with Crippen LogP contribution in [0.3, 0.4) is 0 Å². The van der Waals surface area contributed by atoms with Crippen molar-refractivity contribution in [1.29, 1.82) is 0 Å². The van der Waals surface area contributed by atoms with E-state index >= 15 is 0 Å². The van der Waals surface area contributed by atoms with Gasteiger partial charge in [0.15, 0.2) is 0 Å². The minimum absolute atomic E-state index is 0.0474. The first-order chi connectivity index (χ1) is 9.11. The molecule has 1 amide bonds. The standard InChI is InChI=1S/C14H20N2O3/c1-16(9-11-4-3-7-19-11)14(17)10-5-6-12(15)13(8-10)18-2/h5-6,8,11H,3-4,7,9,15H2,1-2H3. The second-order valence-electron chi connectivity index (χ2n) is 4.78. The predicted molar refractivity (Wildman–Crippen MR) is 73.3 cm³/mol. The van der Waals surface area contributed by atoms with Gasteiger partial charge >= 0.3 is 0 Å². The molecule has 2 N–H and O–H groups in total. The number of methoxy groups -OCH3 is 1. The van der Waals surface area contributed by atoms with E-state index in [0.29, 0.717) is 23.5 Å². The van der Waals surface area contributed by atoms with Crippen molar-refractivity contribution in [3.63, 3.8) is 0 Å². The highest BCUT2D eigenvalue weighted by Crippen LogP contribution is 2.23. The Kier molecular flexibility index (Phi) is 4.27. The van der Waals surface area contributed by atoms with Crippen molar-refractivity contribution in [2.75, 3.05) is 33.0 Å². The number of likely N-dealkylation sites (N-methyl/N-ethyl adjacent to an activating group) is 1. The van der Waals surface area contributed by atoms with Crippen LogP contribution in [0.5, 0.6) is 5.75 Å². The molecule has 0 spiro atoms. The topological polar surface area (TPSA) is 64.8 Å². The van der Waals surface area contributed by atoms with Crippen molar-refractivity contribution in [3.8, 4) is 5.75 Å². The molecule has 1 aliphatic rings. The van der Waals surface area contributed by atoms with Crippen LogP contribution >= 0.6 is 0 Å². The van der Waals surface area contributed by atoms with Crippen LogP contribution in [0, 0.1) is 0 Å². The number of carbonyl (C=O) groups excluding carboxylic acids is 1. The van der Waals surface area contributed by atoms with Crippen molar-refractivity contribution >= 4 is 11.6 Å². The average molecular weight is 264 g/mol. The number of hydrogen-bond donors (Lipinski definition) is 1. The Morgan fingerprint density at radius 1 is 1.58 bits per heavy atom. The second kappa shape index (κ2) is 5.93. The summed E-state index contributed by atoms with van der Waals surface area (Å²) in [5.41, 5.74) is 6.84. The summed E-state index contributed by atoms with van der Waals surface area (Å²) in [6, 6.07) is 5.07. The number of amides is 1. The zero-order valence-electron chi connectivity index (χ0n) is 11.4. The molecule has 1 saturated heterocycles. The second-order valence-corrected chi connectivity index (χ2v) is 4.78. The van der Waals surface area contributed by atoms with Gasteiger partial charge in [-0.3, -0.25) is 4.79 Å². The molecule has 0 radical (unpaired) electrons. The Hall–Kier alpha value is -1.75. The highest BCUT2D eigenvalue weighted by molar-refractivity contribution is 5.95. The highest BCUT2D eigenvalue weighted by Gasteiger charge is 2.21. The number of anilines is 1. The van der Waals surface area contributed by atoms with Crippen LogP contribution in [0.15, 0.2) is 18.2 Å². The molecule has 1 atom stereocenters. The lowest BCUT2D eigenvalue weighted by Crippen LogP contribution is -2.34. The third kappa shape index (κ3) is 3.17. The first kappa shape index (κ1) is 13.7. The molecule has 0 bridgehead atoms. The number of nitrogens with two attached hydrogens (primary N) is 1. The molecule has 0 aliphatic carbocycles. The maximum absolute atomic E-state index is 12.3. The SMILES string of the molecule is COc1cc(C(=O)N(C)CC2CCCO2)ccc1N. The van der Waals surface area contributed by atoms with E-state index in [1.165, 1.54) is 7.11 Å². The fraction of sp³-hybridized carbons (Fsp3) is 0.500. The minimum Gasteiger partial charge on any atom is -0.495 e. The number of hydrogen-bond acceptors (Lipinski definition) is 4. The van der Waals surface area contributed by atoms with Gasteiger partial charge in [-0.2, -0.15) is 0 Å². The van der Waals surface area contributed by atoms with Crippen molar-refractivity contribution in [2.24, 2.45) is 0 Å². The molecule has 104 valence electrons. The van der Waals surface area contributed by atoms with Crippen LogP contribution in [0.4, 0.5) is 5.69 Å². The van der Waals surface area contributed by atoms with Crippen LogP contribution in [0.1, 0.15) is 23.2 Å². The summed E-state index contributed by atoms with van der Waals surface area (Å²) in [6.07, 6.45) is 2.25. The minimum atomic E-state index is -0.0474. The van der Waals surface area contributed by atoms with Gasteiger partial charge in [-0.15, -0.1) is 0 Å². The Morgan fingerprint density at radius 3 is 3.00 bits per heavy atom. The number of carbonyl (C=O) groups is 1. The van der Waals surface area contributed by atoms with E-state index in [1.54, 1.807) is 30.1 Å². The third-order valence-corrected chi connectivity index (χ3v) is 3.33. The zero-order chi connectivity index (χ0) is 13.8. The fourth-order valence-electron chi connectivity index (χ4n) is 2.24. The van der Waals surface area contributed by atoms with Crippen molar-refractivity contribution < 1.29 is 14.3 Å². The van der Waals surface area contributed by atoms with E-state index in [4.69, 9.17) is 15.2 Å². The van der Waals surface area contributed by atoms with Crippen molar-refractivity contribution in [1.82, 2.24) is 4.90 Å². The van der Waals surface area contributed by atoms with E-state index in [0.717, 1.165) is 19.4 Å². The normalized spacial score (nSPS) is 18.3. The van der Waals surface area contributed by atoms with E-state index in [2.05, 4.69) is 0 Å². The van der Waals surface area contributed by atoms with Gasteiger partial charge in [0.2, 0.25) is 0 Å². The Morgan fingerprint density at radius 2 is 2.37 bits per heavy atom. The van der Waals surface area contributed by atoms with Gasteiger partial charge in [-0.25, -0.2) is 0 Å². The molecule has 19 heavy (non-hydrogen) atoms. The van der Waals surface area contributed by atoms with Gasteiger partial charge in [-0.1, -0.05) is 0 Å². The number of benzene rings is 1. The molecule has 1 aliphatic heterocycles. The summed E-state index contributed by atoms with van der Waals surface area (Å²) < 4.78 is 10.7. The largest absolute Gasteiger partial charge is 0.495 e. The lowest BCUT2D eigenvalue weighted by Gasteiger charge is -2.21. The summed E-state index contributed by atoms with van der Waals surface area (Å²) in [4.78, 5) is 14.0. The average Bonchev–Trinajstić information content (AvgIpc) is 2.91. The molecular formula is C14H20N2O3. The summed E-state index contributed by atoms with van der Waals surface area (Å²) in [6.45, 7) is 1.41. The molecule has 5 nitrogen and oxygen atoms in total. The number of nitrogens with zero attached hydrogens (tertiary/aromatic N) is 1. The summed E-state index contributed by atoms with van der Waals surface area (Å²) in [5, 5.41) is 0. The molecule has 1 aromatic rings. The van der Waals surface area contributed by atoms with Crippen LogP contribution in [-0.2, 0) is 4.74 Å². The van der Waals surface area contributed by atoms with Gasteiger partial charge < -0.3 is 20.1 Å². The molecule has 1 aromatic carbocycles. The summed E-state index contributed by atoms with van der Waals surface area (Å²) >= 11 is 0. The summed E-state index contributed by atoms with van der Waals surface area (Å²) in [7, 11) is 3.32. The van der Waals surface area contributed by atoms with Crippen molar-refractivity contribution in [3.05, 3.63) is 23.8 Å².